The Hall–Kier alpha value is -4.30. The molecule has 0 saturated carbocycles. The second-order valence-electron chi connectivity index (χ2n) is 10.5. The summed E-state index contributed by atoms with van der Waals surface area (Å²) < 4.78 is 0. The lowest BCUT2D eigenvalue weighted by molar-refractivity contribution is -0.149. The molecule has 0 bridgehead atoms. The number of carbonyl (C=O) groups excluding carboxylic acids is 2. The molecular weight excluding hydrogens is 598 g/mol. The molecule has 2 aromatic carbocycles. The number of nitrogens with two attached hydrogens (primary N) is 3. The number of benzene rings is 2. The van der Waals surface area contributed by atoms with Gasteiger partial charge in [-0.3, -0.25) is 14.4 Å². The van der Waals surface area contributed by atoms with Crippen LogP contribution in [-0.4, -0.2) is 76.6 Å². The minimum Gasteiger partial charge on any atom is -0.480 e. The number of carboxylic acid groups (broad SMARTS) is 2. The maximum absolute atomic E-state index is 13.7. The molecule has 45 heavy (non-hydrogen) atoms. The van der Waals surface area contributed by atoms with Crippen molar-refractivity contribution in [3.05, 3.63) is 95.6 Å². The molecule has 3 rings (SSSR count). The highest BCUT2D eigenvalue weighted by Gasteiger charge is 2.49. The molecule has 1 aliphatic rings. The van der Waals surface area contributed by atoms with E-state index < -0.39 is 47.2 Å². The van der Waals surface area contributed by atoms with Gasteiger partial charge < -0.3 is 37.6 Å². The molecule has 0 saturated heterocycles. The number of thioether (sulfide) groups is 1. The van der Waals surface area contributed by atoms with Crippen molar-refractivity contribution in [3.8, 4) is 0 Å². The van der Waals surface area contributed by atoms with Gasteiger partial charge in [0.05, 0.1) is 11.5 Å². The number of rotatable bonds is 18. The lowest BCUT2D eigenvalue weighted by Crippen LogP contribution is -2.59. The van der Waals surface area contributed by atoms with E-state index in [9.17, 15) is 24.3 Å². The van der Waals surface area contributed by atoms with Gasteiger partial charge in [0.2, 0.25) is 5.91 Å². The summed E-state index contributed by atoms with van der Waals surface area (Å²) in [5.74, 6) is -3.20. The maximum Gasteiger partial charge on any atom is 0.327 e. The summed E-state index contributed by atoms with van der Waals surface area (Å²) in [6, 6.07) is 13.4. The molecule has 0 heterocycles. The van der Waals surface area contributed by atoms with Crippen LogP contribution in [-0.2, 0) is 29.8 Å². The van der Waals surface area contributed by atoms with Gasteiger partial charge in [-0.15, -0.1) is 0 Å². The van der Waals surface area contributed by atoms with E-state index in [1.807, 2.05) is 54.6 Å². The quantitative estimate of drug-likeness (QED) is 0.0786. The highest BCUT2D eigenvalue weighted by atomic mass is 32.2. The number of carbonyl (C=O) groups is 4. The van der Waals surface area contributed by atoms with Crippen LogP contribution in [0.4, 0.5) is 0 Å². The third-order valence-corrected chi connectivity index (χ3v) is 8.30. The lowest BCUT2D eigenvalue weighted by Gasteiger charge is -2.37. The number of hydrogen-bond donors (Lipinski definition) is 6. The normalized spacial score (nSPS) is 18.1. The number of ketones is 1. The molecule has 0 aromatic heterocycles. The molecule has 4 atom stereocenters. The number of hydrogen-bond acceptors (Lipinski definition) is 10. The summed E-state index contributed by atoms with van der Waals surface area (Å²) in [6.45, 7) is 0.633. The van der Waals surface area contributed by atoms with Crippen molar-refractivity contribution in [1.82, 2.24) is 5.32 Å². The Labute approximate surface area is 265 Å². The van der Waals surface area contributed by atoms with Crippen LogP contribution in [0.15, 0.2) is 84.1 Å². The standard InChI is InChI=1S/C32H39N5O7S/c33-17-18-44-37-27(22-7-3-1-4-8-22)23-11-9-21(10-12-23)19-45-20-25(35)29(39)32(15-5-2-6-16-32)28(31(42)43)36-26(38)14-13-24(34)30(40)41/h1-12,15,24-25,28H,13-14,16-20,33-35H2,(H,36,38)(H,40,41)(H,42,43)/t24-,25-,28-,32?/m0/s1. The Morgan fingerprint density at radius 3 is 2.24 bits per heavy atom. The van der Waals surface area contributed by atoms with E-state index in [2.05, 4.69) is 10.5 Å². The molecular formula is C32H39N5O7S. The number of carboxylic acids is 2. The van der Waals surface area contributed by atoms with Crippen molar-refractivity contribution in [2.75, 3.05) is 18.9 Å². The first-order chi connectivity index (χ1) is 21.6. The number of nitrogens with zero attached hydrogens (tertiary/aromatic N) is 1. The number of nitrogens with one attached hydrogen (secondary N) is 1. The fourth-order valence-electron chi connectivity index (χ4n) is 4.74. The first-order valence-electron chi connectivity index (χ1n) is 14.4. The monoisotopic (exact) mass is 637 g/mol. The number of oxime groups is 1. The Kier molecular flexibility index (Phi) is 13.5. The summed E-state index contributed by atoms with van der Waals surface area (Å²) in [7, 11) is 0. The van der Waals surface area contributed by atoms with E-state index in [-0.39, 0.29) is 25.0 Å². The van der Waals surface area contributed by atoms with Crippen LogP contribution < -0.4 is 22.5 Å². The van der Waals surface area contributed by atoms with E-state index in [1.54, 1.807) is 18.2 Å². The molecule has 0 fully saturated rings. The number of aliphatic carboxylic acids is 2. The van der Waals surface area contributed by atoms with Crippen LogP contribution in [0.25, 0.3) is 0 Å². The highest BCUT2D eigenvalue weighted by molar-refractivity contribution is 7.98. The van der Waals surface area contributed by atoms with Crippen molar-refractivity contribution in [1.29, 1.82) is 0 Å². The largest absolute Gasteiger partial charge is 0.480 e. The minimum absolute atomic E-state index is 0.0222. The smallest absolute Gasteiger partial charge is 0.327 e. The number of amides is 1. The molecule has 9 N–H and O–H groups in total. The zero-order chi connectivity index (χ0) is 32.8. The Morgan fingerprint density at radius 2 is 1.64 bits per heavy atom. The fraction of sp³-hybridized carbons (Fsp3) is 0.344. The van der Waals surface area contributed by atoms with Crippen LogP contribution in [0.3, 0.4) is 0 Å². The van der Waals surface area contributed by atoms with Crippen molar-refractivity contribution in [2.45, 2.75) is 43.1 Å². The predicted octanol–water partition coefficient (Wildman–Crippen LogP) is 1.81. The van der Waals surface area contributed by atoms with Gasteiger partial charge in [-0.05, 0) is 18.4 Å². The molecule has 1 aliphatic carbocycles. The van der Waals surface area contributed by atoms with Crippen LogP contribution in [0.2, 0.25) is 0 Å². The van der Waals surface area contributed by atoms with Gasteiger partial charge in [-0.25, -0.2) is 4.79 Å². The molecule has 0 aliphatic heterocycles. The third-order valence-electron chi connectivity index (χ3n) is 7.16. The van der Waals surface area contributed by atoms with Gasteiger partial charge in [0.1, 0.15) is 24.4 Å². The SMILES string of the molecule is NCCON=C(c1ccccc1)c1ccc(CSC[C@H](N)C(=O)C2([C@@H](NC(=O)CC[C@H](N)C(=O)O)C(=O)O)C=CC=CC2)cc1. The summed E-state index contributed by atoms with van der Waals surface area (Å²) in [5, 5.41) is 25.7. The van der Waals surface area contributed by atoms with E-state index in [4.69, 9.17) is 27.1 Å². The van der Waals surface area contributed by atoms with E-state index in [1.165, 1.54) is 17.8 Å². The van der Waals surface area contributed by atoms with Gasteiger partial charge in [-0.2, -0.15) is 11.8 Å². The van der Waals surface area contributed by atoms with Gasteiger partial charge >= 0.3 is 11.9 Å². The first-order valence-corrected chi connectivity index (χ1v) is 15.5. The average molecular weight is 638 g/mol. The van der Waals surface area contributed by atoms with Gasteiger partial charge in [0.25, 0.3) is 0 Å². The van der Waals surface area contributed by atoms with Crippen LogP contribution >= 0.6 is 11.8 Å². The molecule has 1 amide bonds. The molecule has 12 nitrogen and oxygen atoms in total. The summed E-state index contributed by atoms with van der Waals surface area (Å²) >= 11 is 1.42. The zero-order valence-corrected chi connectivity index (χ0v) is 25.5. The van der Waals surface area contributed by atoms with Crippen LogP contribution in [0, 0.1) is 5.41 Å². The van der Waals surface area contributed by atoms with Gasteiger partial charge in [0, 0.05) is 35.6 Å². The third kappa shape index (κ3) is 9.85. The molecule has 13 heteroatoms. The predicted molar refractivity (Wildman–Crippen MR) is 172 cm³/mol. The molecule has 0 spiro atoms. The van der Waals surface area contributed by atoms with Gasteiger partial charge in [-0.1, -0.05) is 84.1 Å². The summed E-state index contributed by atoms with van der Waals surface area (Å²) in [5.41, 5.74) is 19.1. The number of Topliss-reactive ketones (excluding diaryl/α,β-unsaturated/α-hetero) is 1. The minimum atomic E-state index is -1.62. The molecule has 0 radical (unpaired) electrons. The first kappa shape index (κ1) is 35.2. The van der Waals surface area contributed by atoms with Gasteiger partial charge in [0.15, 0.2) is 5.78 Å². The van der Waals surface area contributed by atoms with E-state index in [0.717, 1.165) is 16.7 Å². The number of allylic oxidation sites excluding steroid dienone is 3. The average Bonchev–Trinajstić information content (AvgIpc) is 3.05. The highest BCUT2D eigenvalue weighted by Crippen LogP contribution is 2.35. The van der Waals surface area contributed by atoms with Crippen LogP contribution in [0.1, 0.15) is 36.0 Å². The zero-order valence-electron chi connectivity index (χ0n) is 24.7. The van der Waals surface area contributed by atoms with E-state index >= 15 is 0 Å². The Morgan fingerprint density at radius 1 is 0.956 bits per heavy atom. The maximum atomic E-state index is 13.7. The Bertz CT molecular complexity index is 1410. The molecule has 2 aromatic rings. The Balaban J connectivity index is 1.66. The summed E-state index contributed by atoms with van der Waals surface area (Å²) in [4.78, 5) is 55.0. The van der Waals surface area contributed by atoms with E-state index in [0.29, 0.717) is 24.6 Å². The van der Waals surface area contributed by atoms with Crippen molar-refractivity contribution < 1.29 is 34.2 Å². The molecule has 240 valence electrons. The van der Waals surface area contributed by atoms with Crippen molar-refractivity contribution >= 4 is 41.1 Å². The second-order valence-corrected chi connectivity index (χ2v) is 11.5. The second kappa shape index (κ2) is 17.3. The summed E-state index contributed by atoms with van der Waals surface area (Å²) in [6.07, 6.45) is 5.86. The lowest BCUT2D eigenvalue weighted by atomic mass is 9.70. The fourth-order valence-corrected chi connectivity index (χ4v) is 5.70. The van der Waals surface area contributed by atoms with Crippen molar-refractivity contribution in [3.63, 3.8) is 0 Å². The van der Waals surface area contributed by atoms with Crippen LogP contribution in [0.5, 0.6) is 0 Å². The van der Waals surface area contributed by atoms with Crippen molar-refractivity contribution in [2.24, 2.45) is 27.8 Å². The molecule has 1 unspecified atom stereocenters. The topological polar surface area (TPSA) is 220 Å².